The largest absolute Gasteiger partial charge is 0.434 e. The summed E-state index contributed by atoms with van der Waals surface area (Å²) in [4.78, 5) is 15.9. The van der Waals surface area contributed by atoms with Crippen molar-refractivity contribution in [3.63, 3.8) is 0 Å². The summed E-state index contributed by atoms with van der Waals surface area (Å²) in [6.07, 6.45) is 1.42. The summed E-state index contributed by atoms with van der Waals surface area (Å²) in [5.74, 6) is -0.604. The number of rotatable bonds is 4. The van der Waals surface area contributed by atoms with Gasteiger partial charge in [-0.3, -0.25) is 4.79 Å². The van der Waals surface area contributed by atoms with Gasteiger partial charge in [0.25, 0.3) is 5.91 Å². The summed E-state index contributed by atoms with van der Waals surface area (Å²) in [7, 11) is 0. The fraction of sp³-hybridized carbons (Fsp3) is 0.0769. The van der Waals surface area contributed by atoms with Gasteiger partial charge in [-0.2, -0.15) is 8.78 Å². The van der Waals surface area contributed by atoms with Crippen molar-refractivity contribution in [3.8, 4) is 5.75 Å². The lowest BCUT2D eigenvalue weighted by atomic mass is 10.2. The van der Waals surface area contributed by atoms with E-state index in [0.29, 0.717) is 5.02 Å². The van der Waals surface area contributed by atoms with Crippen molar-refractivity contribution in [1.29, 1.82) is 0 Å². The Hall–Kier alpha value is -2.21. The van der Waals surface area contributed by atoms with E-state index in [1.54, 1.807) is 12.1 Å². The number of ether oxygens (including phenoxy) is 1. The summed E-state index contributed by atoms with van der Waals surface area (Å²) in [5, 5.41) is 2.85. The van der Waals surface area contributed by atoms with E-state index in [2.05, 4.69) is 15.0 Å². The zero-order valence-corrected chi connectivity index (χ0v) is 10.8. The highest BCUT2D eigenvalue weighted by atomic mass is 35.5. The molecular weight excluding hydrogens is 290 g/mol. The van der Waals surface area contributed by atoms with Crippen molar-refractivity contribution in [2.75, 3.05) is 5.32 Å². The zero-order chi connectivity index (χ0) is 14.5. The van der Waals surface area contributed by atoms with Crippen molar-refractivity contribution < 1.29 is 18.3 Å². The molecular formula is C13H9ClF2N2O2. The predicted octanol–water partition coefficient (Wildman–Crippen LogP) is 3.59. The molecule has 7 heteroatoms. The molecule has 1 heterocycles. The van der Waals surface area contributed by atoms with E-state index in [9.17, 15) is 13.6 Å². The Kier molecular flexibility index (Phi) is 4.47. The Morgan fingerprint density at radius 2 is 2.05 bits per heavy atom. The molecule has 1 aromatic carbocycles. The van der Waals surface area contributed by atoms with Gasteiger partial charge in [0.1, 0.15) is 11.6 Å². The van der Waals surface area contributed by atoms with Gasteiger partial charge in [-0.05, 0) is 24.3 Å². The number of benzene rings is 1. The molecule has 104 valence electrons. The maximum Gasteiger partial charge on any atom is 0.387 e. The van der Waals surface area contributed by atoms with Crippen LogP contribution >= 0.6 is 11.6 Å². The highest BCUT2D eigenvalue weighted by Gasteiger charge is 2.15. The zero-order valence-electron chi connectivity index (χ0n) is 10.0. The number of nitrogens with zero attached hydrogens (tertiary/aromatic N) is 1. The molecule has 2 aromatic rings. The van der Waals surface area contributed by atoms with Gasteiger partial charge in [-0.15, -0.1) is 0 Å². The van der Waals surface area contributed by atoms with Crippen LogP contribution in [0.1, 0.15) is 10.4 Å². The van der Waals surface area contributed by atoms with Crippen molar-refractivity contribution in [2.45, 2.75) is 6.61 Å². The van der Waals surface area contributed by atoms with Crippen LogP contribution in [-0.2, 0) is 0 Å². The molecule has 0 spiro atoms. The summed E-state index contributed by atoms with van der Waals surface area (Å²) in [6, 6.07) is 8.68. The van der Waals surface area contributed by atoms with Crippen molar-refractivity contribution in [1.82, 2.24) is 4.98 Å². The van der Waals surface area contributed by atoms with Gasteiger partial charge in [-0.25, -0.2) is 4.98 Å². The lowest BCUT2D eigenvalue weighted by Crippen LogP contribution is -2.15. The molecule has 0 fully saturated rings. The molecule has 0 aliphatic heterocycles. The van der Waals surface area contributed by atoms with Gasteiger partial charge in [-0.1, -0.05) is 23.7 Å². The van der Waals surface area contributed by atoms with Crippen LogP contribution in [0, 0.1) is 0 Å². The first kappa shape index (κ1) is 14.2. The molecule has 1 amide bonds. The fourth-order valence-electron chi connectivity index (χ4n) is 1.51. The maximum atomic E-state index is 12.3. The number of carbonyl (C=O) groups is 1. The molecule has 0 saturated carbocycles. The van der Waals surface area contributed by atoms with Gasteiger partial charge in [0.05, 0.1) is 5.56 Å². The third-order valence-corrected chi connectivity index (χ3v) is 2.55. The Bertz CT molecular complexity index is 623. The van der Waals surface area contributed by atoms with Crippen LogP contribution in [0.4, 0.5) is 14.6 Å². The van der Waals surface area contributed by atoms with E-state index >= 15 is 0 Å². The van der Waals surface area contributed by atoms with E-state index in [4.69, 9.17) is 11.6 Å². The molecule has 0 unspecified atom stereocenters. The number of para-hydroxylation sites is 1. The molecule has 1 N–H and O–H groups in total. The molecule has 1 aromatic heterocycles. The molecule has 0 radical (unpaired) electrons. The SMILES string of the molecule is O=C(Nc1cc(Cl)ccn1)c1ccccc1OC(F)F. The maximum absolute atomic E-state index is 12.3. The highest BCUT2D eigenvalue weighted by molar-refractivity contribution is 6.30. The van der Waals surface area contributed by atoms with E-state index in [1.165, 1.54) is 30.5 Å². The minimum absolute atomic E-state index is 0.0189. The molecule has 0 bridgehead atoms. The summed E-state index contributed by atoms with van der Waals surface area (Å²) < 4.78 is 28.8. The third-order valence-electron chi connectivity index (χ3n) is 2.31. The van der Waals surface area contributed by atoms with E-state index < -0.39 is 12.5 Å². The van der Waals surface area contributed by atoms with E-state index in [-0.39, 0.29) is 17.1 Å². The number of hydrogen-bond acceptors (Lipinski definition) is 3. The second-order valence-electron chi connectivity index (χ2n) is 3.69. The Labute approximate surface area is 118 Å². The second kappa shape index (κ2) is 6.29. The van der Waals surface area contributed by atoms with Crippen LogP contribution in [0.15, 0.2) is 42.6 Å². The predicted molar refractivity (Wildman–Crippen MR) is 70.3 cm³/mol. The summed E-state index contributed by atoms with van der Waals surface area (Å²) in [6.45, 7) is -3.01. The number of amides is 1. The van der Waals surface area contributed by atoms with Crippen LogP contribution < -0.4 is 10.1 Å². The molecule has 2 rings (SSSR count). The van der Waals surface area contributed by atoms with Crippen LogP contribution in [-0.4, -0.2) is 17.5 Å². The van der Waals surface area contributed by atoms with E-state index in [0.717, 1.165) is 0 Å². The van der Waals surface area contributed by atoms with Crippen LogP contribution in [0.2, 0.25) is 5.02 Å². The molecule has 20 heavy (non-hydrogen) atoms. The number of carbonyl (C=O) groups excluding carboxylic acids is 1. The molecule has 0 saturated heterocycles. The standard InChI is InChI=1S/C13H9ClF2N2O2/c14-8-5-6-17-11(7-8)18-12(19)9-3-1-2-4-10(9)20-13(15)16/h1-7,13H,(H,17,18,19). The topological polar surface area (TPSA) is 51.2 Å². The number of halogens is 3. The normalized spacial score (nSPS) is 10.4. The number of anilines is 1. The highest BCUT2D eigenvalue weighted by Crippen LogP contribution is 2.21. The number of aromatic nitrogens is 1. The molecule has 0 aliphatic rings. The minimum atomic E-state index is -3.01. The summed E-state index contributed by atoms with van der Waals surface area (Å²) in [5.41, 5.74) is -0.0189. The van der Waals surface area contributed by atoms with Crippen molar-refractivity contribution in [3.05, 3.63) is 53.2 Å². The number of nitrogens with one attached hydrogen (secondary N) is 1. The Balaban J connectivity index is 2.21. The third kappa shape index (κ3) is 3.64. The fourth-order valence-corrected chi connectivity index (χ4v) is 1.67. The second-order valence-corrected chi connectivity index (χ2v) is 4.12. The van der Waals surface area contributed by atoms with Gasteiger partial charge in [0.15, 0.2) is 0 Å². The number of hydrogen-bond donors (Lipinski definition) is 1. The average molecular weight is 299 g/mol. The Morgan fingerprint density at radius 1 is 1.30 bits per heavy atom. The number of pyridine rings is 1. The molecule has 0 atom stereocenters. The average Bonchev–Trinajstić information content (AvgIpc) is 2.38. The van der Waals surface area contributed by atoms with Crippen LogP contribution in [0.25, 0.3) is 0 Å². The Morgan fingerprint density at radius 3 is 2.75 bits per heavy atom. The van der Waals surface area contributed by atoms with Crippen molar-refractivity contribution in [2.24, 2.45) is 0 Å². The number of alkyl halides is 2. The lowest BCUT2D eigenvalue weighted by Gasteiger charge is -2.10. The van der Waals surface area contributed by atoms with Crippen LogP contribution in [0.5, 0.6) is 5.75 Å². The van der Waals surface area contributed by atoms with Crippen molar-refractivity contribution >= 4 is 23.3 Å². The first-order chi connectivity index (χ1) is 9.56. The molecule has 0 aliphatic carbocycles. The first-order valence-electron chi connectivity index (χ1n) is 5.53. The monoisotopic (exact) mass is 298 g/mol. The van der Waals surface area contributed by atoms with E-state index in [1.807, 2.05) is 0 Å². The summed E-state index contributed by atoms with van der Waals surface area (Å²) >= 11 is 5.76. The van der Waals surface area contributed by atoms with Gasteiger partial charge in [0, 0.05) is 11.2 Å². The van der Waals surface area contributed by atoms with Gasteiger partial charge >= 0.3 is 6.61 Å². The smallest absolute Gasteiger partial charge is 0.387 e. The molecule has 4 nitrogen and oxygen atoms in total. The minimum Gasteiger partial charge on any atom is -0.434 e. The van der Waals surface area contributed by atoms with Crippen LogP contribution in [0.3, 0.4) is 0 Å². The first-order valence-corrected chi connectivity index (χ1v) is 5.91. The quantitative estimate of drug-likeness (QED) is 0.938. The lowest BCUT2D eigenvalue weighted by molar-refractivity contribution is -0.0501. The van der Waals surface area contributed by atoms with Gasteiger partial charge < -0.3 is 10.1 Å². The van der Waals surface area contributed by atoms with Gasteiger partial charge in [0.2, 0.25) is 0 Å².